The summed E-state index contributed by atoms with van der Waals surface area (Å²) in [6, 6.07) is 0. The minimum atomic E-state index is -4.64. The molecule has 0 aromatic carbocycles. The summed E-state index contributed by atoms with van der Waals surface area (Å²) in [4.78, 5) is 26.4. The maximum absolute atomic E-state index is 8.88. The molecule has 2 aliphatic rings. The molecule has 0 saturated carbocycles. The molecule has 0 amide bonds. The standard InChI is InChI=1S/C5H11O2P.C5H11P.H3O4P/c1-5(2)3-6-7-8-4-5;1-2-4-6-5-3-1;1-5(2,3)4/h8H,3-4H2,1-2H3;6H,1-5H2;(H3,1,2,3,4). The van der Waals surface area contributed by atoms with Crippen molar-refractivity contribution in [2.24, 2.45) is 5.41 Å². The first-order chi connectivity index (χ1) is 8.71. The third-order valence-corrected chi connectivity index (χ3v) is 5.08. The van der Waals surface area contributed by atoms with Gasteiger partial charge in [0.25, 0.3) is 0 Å². The number of hydrogen-bond donors (Lipinski definition) is 3. The lowest BCUT2D eigenvalue weighted by atomic mass is 9.98. The molecular weight excluding hydrogens is 309 g/mol. The fourth-order valence-electron chi connectivity index (χ4n) is 1.31. The van der Waals surface area contributed by atoms with E-state index in [9.17, 15) is 0 Å². The van der Waals surface area contributed by atoms with Crippen LogP contribution in [0.5, 0.6) is 0 Å². The Morgan fingerprint density at radius 3 is 1.79 bits per heavy atom. The van der Waals surface area contributed by atoms with Gasteiger partial charge in [-0.15, -0.1) is 8.58 Å². The maximum Gasteiger partial charge on any atom is 0.466 e. The molecule has 0 spiro atoms. The van der Waals surface area contributed by atoms with Crippen molar-refractivity contribution in [2.45, 2.75) is 33.1 Å². The van der Waals surface area contributed by atoms with Crippen LogP contribution >= 0.6 is 25.2 Å². The molecule has 2 fully saturated rings. The molecule has 0 radical (unpaired) electrons. The predicted molar refractivity (Wildman–Crippen MR) is 80.2 cm³/mol. The average molecular weight is 334 g/mol. The topological polar surface area (TPSA) is 96.2 Å². The number of rotatable bonds is 0. The quantitative estimate of drug-likeness (QED) is 0.465. The van der Waals surface area contributed by atoms with Gasteiger partial charge in [-0.1, -0.05) is 20.3 Å². The Kier molecular flexibility index (Phi) is 11.1. The van der Waals surface area contributed by atoms with Gasteiger partial charge in [-0.05, 0) is 36.7 Å². The van der Waals surface area contributed by atoms with Crippen LogP contribution < -0.4 is 0 Å². The highest BCUT2D eigenvalue weighted by atomic mass is 31.2. The molecule has 2 rings (SSSR count). The molecule has 1 unspecified atom stereocenters. The van der Waals surface area contributed by atoms with E-state index >= 15 is 0 Å². The van der Waals surface area contributed by atoms with Crippen molar-refractivity contribution in [2.75, 3.05) is 25.1 Å². The maximum atomic E-state index is 8.88. The molecule has 6 nitrogen and oxygen atoms in total. The van der Waals surface area contributed by atoms with Crippen molar-refractivity contribution < 1.29 is 28.8 Å². The first-order valence-electron chi connectivity index (χ1n) is 6.21. The Balaban J connectivity index is 0.000000265. The van der Waals surface area contributed by atoms with Gasteiger partial charge >= 0.3 is 7.82 Å². The van der Waals surface area contributed by atoms with Crippen molar-refractivity contribution in [1.29, 1.82) is 0 Å². The zero-order valence-electron chi connectivity index (χ0n) is 11.5. The molecule has 2 aliphatic heterocycles. The van der Waals surface area contributed by atoms with E-state index in [0.29, 0.717) is 14.2 Å². The van der Waals surface area contributed by atoms with Gasteiger partial charge in [0.15, 0.2) is 0 Å². The van der Waals surface area contributed by atoms with E-state index in [4.69, 9.17) is 28.8 Å². The van der Waals surface area contributed by atoms with E-state index < -0.39 is 7.82 Å². The third kappa shape index (κ3) is 18.9. The second-order valence-electron chi connectivity index (χ2n) is 5.15. The molecule has 0 aromatic heterocycles. The van der Waals surface area contributed by atoms with Crippen LogP contribution in [0, 0.1) is 5.41 Å². The van der Waals surface area contributed by atoms with Gasteiger partial charge in [-0.2, -0.15) is 0 Å². The summed E-state index contributed by atoms with van der Waals surface area (Å²) in [6.07, 6.45) is 8.72. The van der Waals surface area contributed by atoms with Crippen molar-refractivity contribution in [1.82, 2.24) is 0 Å². The Labute approximate surface area is 118 Å². The Hall–Kier alpha value is 0.890. The van der Waals surface area contributed by atoms with Crippen LogP contribution in [0.1, 0.15) is 33.1 Å². The number of hydrogen-bond acceptors (Lipinski definition) is 3. The molecule has 0 aromatic rings. The normalized spacial score (nSPS) is 23.6. The van der Waals surface area contributed by atoms with E-state index in [0.717, 1.165) is 12.8 Å². The minimum absolute atomic E-state index is 0.344. The highest BCUT2D eigenvalue weighted by Crippen LogP contribution is 2.32. The molecule has 3 N–H and O–H groups in total. The van der Waals surface area contributed by atoms with Gasteiger partial charge in [-0.25, -0.2) is 14.1 Å². The lowest BCUT2D eigenvalue weighted by Gasteiger charge is -2.27. The molecule has 9 heteroatoms. The van der Waals surface area contributed by atoms with E-state index in [1.54, 1.807) is 0 Å². The van der Waals surface area contributed by atoms with Gasteiger partial charge in [0, 0.05) is 0 Å². The first kappa shape index (κ1) is 19.9. The Morgan fingerprint density at radius 1 is 1.11 bits per heavy atom. The average Bonchev–Trinajstić information content (AvgIpc) is 2.29. The second-order valence-corrected chi connectivity index (χ2v) is 8.49. The van der Waals surface area contributed by atoms with E-state index in [1.165, 1.54) is 40.2 Å². The van der Waals surface area contributed by atoms with E-state index in [-0.39, 0.29) is 0 Å². The zero-order chi connectivity index (χ0) is 14.8. The summed E-state index contributed by atoms with van der Waals surface area (Å²) < 4.78 is 13.6. The summed E-state index contributed by atoms with van der Waals surface area (Å²) in [5.74, 6) is 0. The summed E-state index contributed by atoms with van der Waals surface area (Å²) in [7, 11) is -2.81. The van der Waals surface area contributed by atoms with Gasteiger partial charge < -0.3 is 14.7 Å². The SMILES string of the molecule is C1CCPCC1.CC1(C)COOPC1.O=P(O)(O)O. The van der Waals surface area contributed by atoms with Crippen LogP contribution in [0.15, 0.2) is 0 Å². The lowest BCUT2D eigenvalue weighted by Crippen LogP contribution is -2.24. The highest BCUT2D eigenvalue weighted by molar-refractivity contribution is 7.45. The molecule has 2 heterocycles. The smallest absolute Gasteiger partial charge is 0.303 e. The summed E-state index contributed by atoms with van der Waals surface area (Å²) >= 11 is 0. The highest BCUT2D eigenvalue weighted by Gasteiger charge is 2.22. The zero-order valence-corrected chi connectivity index (χ0v) is 14.4. The third-order valence-electron chi connectivity index (χ3n) is 2.33. The van der Waals surface area contributed by atoms with Gasteiger partial charge in [0.2, 0.25) is 0 Å². The van der Waals surface area contributed by atoms with Crippen molar-refractivity contribution >= 4 is 25.2 Å². The van der Waals surface area contributed by atoms with E-state index in [2.05, 4.69) is 13.8 Å². The Bertz CT molecular complexity index is 236. The molecule has 0 bridgehead atoms. The van der Waals surface area contributed by atoms with Crippen LogP contribution in [0.4, 0.5) is 0 Å². The largest absolute Gasteiger partial charge is 0.466 e. The summed E-state index contributed by atoms with van der Waals surface area (Å²) in [6.45, 7) is 5.10. The van der Waals surface area contributed by atoms with Gasteiger partial charge in [0.1, 0.15) is 0 Å². The molecule has 2 saturated heterocycles. The van der Waals surface area contributed by atoms with Crippen LogP contribution in [0.3, 0.4) is 0 Å². The van der Waals surface area contributed by atoms with E-state index in [1.807, 2.05) is 0 Å². The fourth-order valence-corrected chi connectivity index (χ4v) is 3.25. The lowest BCUT2D eigenvalue weighted by molar-refractivity contribution is -0.225. The minimum Gasteiger partial charge on any atom is -0.303 e. The van der Waals surface area contributed by atoms with Gasteiger partial charge in [-0.3, -0.25) is 0 Å². The van der Waals surface area contributed by atoms with Crippen molar-refractivity contribution in [3.05, 3.63) is 0 Å². The monoisotopic (exact) mass is 334 g/mol. The van der Waals surface area contributed by atoms with Crippen LogP contribution in [0.2, 0.25) is 0 Å². The van der Waals surface area contributed by atoms with Crippen LogP contribution in [-0.4, -0.2) is 39.8 Å². The summed E-state index contributed by atoms with van der Waals surface area (Å²) in [5, 5.41) is 0. The molecule has 1 atom stereocenters. The van der Waals surface area contributed by atoms with Gasteiger partial charge in [0.05, 0.1) is 15.4 Å². The number of phosphoric acid groups is 1. The molecule has 116 valence electrons. The molecule has 0 aliphatic carbocycles. The predicted octanol–water partition coefficient (Wildman–Crippen LogP) is 2.49. The fraction of sp³-hybridized carbons (Fsp3) is 1.00. The van der Waals surface area contributed by atoms with Crippen LogP contribution in [-0.2, 0) is 14.1 Å². The van der Waals surface area contributed by atoms with Crippen molar-refractivity contribution in [3.8, 4) is 0 Å². The summed E-state index contributed by atoms with van der Waals surface area (Å²) in [5.41, 5.74) is 0.344. The first-order valence-corrected chi connectivity index (χ1v) is 10.3. The Morgan fingerprint density at radius 2 is 1.63 bits per heavy atom. The molecule has 19 heavy (non-hydrogen) atoms. The second kappa shape index (κ2) is 10.6. The molecular formula is C10H25O6P3. The van der Waals surface area contributed by atoms with Crippen LogP contribution in [0.25, 0.3) is 0 Å². The van der Waals surface area contributed by atoms with Crippen molar-refractivity contribution in [3.63, 3.8) is 0 Å².